The van der Waals surface area contributed by atoms with E-state index in [4.69, 9.17) is 4.74 Å². The van der Waals surface area contributed by atoms with E-state index in [-0.39, 0.29) is 0 Å². The zero-order valence-electron chi connectivity index (χ0n) is 15.2. The predicted octanol–water partition coefficient (Wildman–Crippen LogP) is 4.56. The molecule has 6 nitrogen and oxygen atoms in total. The number of nitrogens with zero attached hydrogens (tertiary/aromatic N) is 4. The van der Waals surface area contributed by atoms with Gasteiger partial charge in [-0.05, 0) is 30.7 Å². The molecular formula is C21H17N5OS. The number of aromatic nitrogens is 5. The van der Waals surface area contributed by atoms with E-state index in [0.717, 1.165) is 28.0 Å². The number of thiazole rings is 1. The van der Waals surface area contributed by atoms with Gasteiger partial charge in [-0.2, -0.15) is 4.98 Å². The van der Waals surface area contributed by atoms with E-state index in [9.17, 15) is 0 Å². The fraction of sp³-hybridized carbons (Fsp3) is 0.143. The molecule has 0 bridgehead atoms. The number of hydrogen-bond acceptors (Lipinski definition) is 6. The lowest BCUT2D eigenvalue weighted by molar-refractivity contribution is 0.313. The van der Waals surface area contributed by atoms with Crippen molar-refractivity contribution in [1.82, 2.24) is 24.9 Å². The number of hydrogen-bond donors (Lipinski definition) is 1. The first-order valence-electron chi connectivity index (χ1n) is 9.00. The van der Waals surface area contributed by atoms with E-state index < -0.39 is 0 Å². The Bertz CT molecular complexity index is 1260. The van der Waals surface area contributed by atoms with Crippen molar-refractivity contribution in [2.45, 2.75) is 13.3 Å². The molecule has 28 heavy (non-hydrogen) atoms. The Hall–Kier alpha value is -3.32. The number of H-pyrrole nitrogens is 1. The molecule has 0 aliphatic heterocycles. The number of aryl methyl sites for hydroxylation is 1. The third kappa shape index (κ3) is 3.10. The molecule has 0 amide bonds. The van der Waals surface area contributed by atoms with Crippen LogP contribution in [0, 0.1) is 6.92 Å². The third-order valence-corrected chi connectivity index (χ3v) is 5.34. The van der Waals surface area contributed by atoms with Gasteiger partial charge in [0.05, 0.1) is 12.1 Å². The largest absolute Gasteiger partial charge is 0.476 e. The van der Waals surface area contributed by atoms with Gasteiger partial charge in [0.2, 0.25) is 5.88 Å². The first-order valence-corrected chi connectivity index (χ1v) is 9.88. The lowest BCUT2D eigenvalue weighted by Crippen LogP contribution is -2.04. The van der Waals surface area contributed by atoms with E-state index in [1.54, 1.807) is 11.7 Å². The summed E-state index contributed by atoms with van der Waals surface area (Å²) < 4.78 is 6.04. The van der Waals surface area contributed by atoms with Gasteiger partial charge >= 0.3 is 0 Å². The van der Waals surface area contributed by atoms with Crippen LogP contribution < -0.4 is 4.74 Å². The standard InChI is InChI=1S/C21H17N5OS/c1-13-6-7-15(11-22-13)19-25-20(18-21(26-19)28-12-24-18)27-9-8-14-10-23-17-5-3-2-4-16(14)17/h2-7,10-12,23H,8-9H2,1H3. The summed E-state index contributed by atoms with van der Waals surface area (Å²) in [4.78, 5) is 22.1. The molecule has 0 unspecified atom stereocenters. The van der Waals surface area contributed by atoms with Crippen molar-refractivity contribution in [1.29, 1.82) is 0 Å². The lowest BCUT2D eigenvalue weighted by Gasteiger charge is -2.08. The van der Waals surface area contributed by atoms with Crippen LogP contribution in [0.3, 0.4) is 0 Å². The van der Waals surface area contributed by atoms with Crippen molar-refractivity contribution < 1.29 is 4.74 Å². The quantitative estimate of drug-likeness (QED) is 0.478. The van der Waals surface area contributed by atoms with E-state index in [2.05, 4.69) is 37.1 Å². The van der Waals surface area contributed by atoms with Gasteiger partial charge in [-0.3, -0.25) is 4.98 Å². The van der Waals surface area contributed by atoms with Gasteiger partial charge < -0.3 is 9.72 Å². The van der Waals surface area contributed by atoms with Crippen LogP contribution >= 0.6 is 11.3 Å². The first-order chi connectivity index (χ1) is 13.8. The molecule has 0 saturated heterocycles. The van der Waals surface area contributed by atoms with E-state index in [0.29, 0.717) is 23.8 Å². The van der Waals surface area contributed by atoms with Crippen molar-refractivity contribution in [3.63, 3.8) is 0 Å². The Labute approximate surface area is 165 Å². The lowest BCUT2D eigenvalue weighted by atomic mass is 10.1. The zero-order valence-corrected chi connectivity index (χ0v) is 16.0. The average molecular weight is 387 g/mol. The molecule has 4 heterocycles. The summed E-state index contributed by atoms with van der Waals surface area (Å²) in [6.45, 7) is 2.47. The SMILES string of the molecule is Cc1ccc(-c2nc(OCCc3c[nH]c4ccccc34)c3ncsc3n2)cn1. The molecule has 5 aromatic rings. The van der Waals surface area contributed by atoms with Crippen LogP contribution in [0.5, 0.6) is 5.88 Å². The maximum atomic E-state index is 6.04. The molecule has 1 N–H and O–H groups in total. The topological polar surface area (TPSA) is 76.6 Å². The average Bonchev–Trinajstić information content (AvgIpc) is 3.36. The summed E-state index contributed by atoms with van der Waals surface area (Å²) in [5.74, 6) is 1.12. The Morgan fingerprint density at radius 3 is 2.89 bits per heavy atom. The van der Waals surface area contributed by atoms with Crippen molar-refractivity contribution in [2.75, 3.05) is 6.61 Å². The van der Waals surface area contributed by atoms with E-state index in [1.165, 1.54) is 22.3 Å². The van der Waals surface area contributed by atoms with Crippen LogP contribution in [0.25, 0.3) is 32.6 Å². The zero-order chi connectivity index (χ0) is 18.9. The molecule has 0 radical (unpaired) electrons. The van der Waals surface area contributed by atoms with Gasteiger partial charge in [0.1, 0.15) is 0 Å². The molecular weight excluding hydrogens is 370 g/mol. The number of benzene rings is 1. The molecule has 0 fully saturated rings. The van der Waals surface area contributed by atoms with Crippen molar-refractivity contribution in [3.05, 3.63) is 65.6 Å². The van der Waals surface area contributed by atoms with Gasteiger partial charge in [0.15, 0.2) is 16.2 Å². The highest BCUT2D eigenvalue weighted by Gasteiger charge is 2.14. The van der Waals surface area contributed by atoms with Crippen LogP contribution in [-0.4, -0.2) is 31.5 Å². The summed E-state index contributed by atoms with van der Waals surface area (Å²) in [6, 6.07) is 12.2. The van der Waals surface area contributed by atoms with Crippen LogP contribution in [0.2, 0.25) is 0 Å². The van der Waals surface area contributed by atoms with Crippen molar-refractivity contribution >= 4 is 32.6 Å². The van der Waals surface area contributed by atoms with Crippen LogP contribution in [0.4, 0.5) is 0 Å². The van der Waals surface area contributed by atoms with Gasteiger partial charge in [-0.25, -0.2) is 9.97 Å². The maximum Gasteiger partial charge on any atom is 0.245 e. The second kappa shape index (κ2) is 7.01. The molecule has 0 aliphatic rings. The highest BCUT2D eigenvalue weighted by Crippen LogP contribution is 2.28. The van der Waals surface area contributed by atoms with Crippen LogP contribution in [0.1, 0.15) is 11.3 Å². The maximum absolute atomic E-state index is 6.04. The molecule has 138 valence electrons. The fourth-order valence-electron chi connectivity index (χ4n) is 3.16. The second-order valence-corrected chi connectivity index (χ2v) is 7.34. The van der Waals surface area contributed by atoms with Gasteiger partial charge in [0, 0.05) is 41.0 Å². The number of ether oxygens (including phenoxy) is 1. The molecule has 0 atom stereocenters. The normalized spacial score (nSPS) is 11.3. The number of aromatic amines is 1. The predicted molar refractivity (Wildman–Crippen MR) is 111 cm³/mol. The van der Waals surface area contributed by atoms with Crippen LogP contribution in [-0.2, 0) is 6.42 Å². The molecule has 0 saturated carbocycles. The molecule has 4 aromatic heterocycles. The highest BCUT2D eigenvalue weighted by molar-refractivity contribution is 7.16. The van der Waals surface area contributed by atoms with Crippen LogP contribution in [0.15, 0.2) is 54.3 Å². The third-order valence-electron chi connectivity index (χ3n) is 4.62. The summed E-state index contributed by atoms with van der Waals surface area (Å²) in [5.41, 5.74) is 6.65. The Morgan fingerprint density at radius 1 is 1.07 bits per heavy atom. The van der Waals surface area contributed by atoms with E-state index >= 15 is 0 Å². The Kier molecular flexibility index (Phi) is 4.21. The van der Waals surface area contributed by atoms with Crippen molar-refractivity contribution in [2.24, 2.45) is 0 Å². The smallest absolute Gasteiger partial charge is 0.245 e. The molecule has 7 heteroatoms. The second-order valence-electron chi connectivity index (χ2n) is 6.50. The highest BCUT2D eigenvalue weighted by atomic mass is 32.1. The van der Waals surface area contributed by atoms with Crippen molar-refractivity contribution in [3.8, 4) is 17.3 Å². The summed E-state index contributed by atoms with van der Waals surface area (Å²) in [7, 11) is 0. The monoisotopic (exact) mass is 387 g/mol. The Balaban J connectivity index is 1.42. The van der Waals surface area contributed by atoms with E-state index in [1.807, 2.05) is 37.4 Å². The minimum atomic E-state index is 0.511. The number of rotatable bonds is 5. The minimum Gasteiger partial charge on any atom is -0.476 e. The van der Waals surface area contributed by atoms with Gasteiger partial charge in [0.25, 0.3) is 0 Å². The molecule has 0 aliphatic carbocycles. The van der Waals surface area contributed by atoms with Gasteiger partial charge in [-0.15, -0.1) is 11.3 Å². The minimum absolute atomic E-state index is 0.511. The summed E-state index contributed by atoms with van der Waals surface area (Å²) in [6.07, 6.45) is 4.60. The summed E-state index contributed by atoms with van der Waals surface area (Å²) in [5, 5.41) is 1.22. The molecule has 0 spiro atoms. The number of nitrogens with one attached hydrogen (secondary N) is 1. The van der Waals surface area contributed by atoms with Gasteiger partial charge in [-0.1, -0.05) is 18.2 Å². The molecule has 1 aromatic carbocycles. The Morgan fingerprint density at radius 2 is 2.00 bits per heavy atom. The number of fused-ring (bicyclic) bond motifs is 2. The summed E-state index contributed by atoms with van der Waals surface area (Å²) >= 11 is 1.48. The first kappa shape index (κ1) is 16.8. The fourth-order valence-corrected chi connectivity index (χ4v) is 3.81. The molecule has 5 rings (SSSR count). The number of para-hydroxylation sites is 1. The number of pyridine rings is 1.